The Morgan fingerprint density at radius 2 is 1.05 bits per heavy atom. The lowest BCUT2D eigenvalue weighted by atomic mass is 10.1. The minimum atomic E-state index is -3.71. The molecule has 1 aliphatic rings. The Morgan fingerprint density at radius 3 is 1.45 bits per heavy atom. The number of halogens is 4. The number of benzene rings is 4. The van der Waals surface area contributed by atoms with E-state index in [9.17, 15) is 34.4 Å². The summed E-state index contributed by atoms with van der Waals surface area (Å²) in [5.74, 6) is -1.51. The van der Waals surface area contributed by atoms with Crippen molar-refractivity contribution in [2.24, 2.45) is 0 Å². The molecule has 0 saturated carbocycles. The number of rotatable bonds is 17. The Labute approximate surface area is 357 Å². The summed E-state index contributed by atoms with van der Waals surface area (Å²) in [7, 11) is -7.31. The Balaban J connectivity index is 0.000000214. The van der Waals surface area contributed by atoms with Crippen molar-refractivity contribution >= 4 is 31.4 Å². The molecule has 0 N–H and O–H groups in total. The number of sulfonamides is 2. The molecule has 328 valence electrons. The van der Waals surface area contributed by atoms with E-state index in [4.69, 9.17) is 8.83 Å². The van der Waals surface area contributed by atoms with Crippen LogP contribution in [0.5, 0.6) is 0 Å². The van der Waals surface area contributed by atoms with Crippen LogP contribution in [0.4, 0.5) is 28.9 Å². The van der Waals surface area contributed by atoms with Gasteiger partial charge < -0.3 is 13.7 Å². The first kappa shape index (κ1) is 45.6. The number of para-hydroxylation sites is 2. The highest BCUT2D eigenvalue weighted by molar-refractivity contribution is 7.95. The molecule has 3 heterocycles. The Bertz CT molecular complexity index is 2560. The van der Waals surface area contributed by atoms with Gasteiger partial charge in [0, 0.05) is 49.3 Å². The SMILES string of the molecule is C=CS(=O)(=O)N(Cc1ccc(-c2nnc(C(F)F)o2)cc1)c1ccccc1.CCN1CCN(CCS(=O)(=O)N(Cc2ccc(-c3nnc(C(F)F)o3)cc2)c2ccccc2)CC1. The van der Waals surface area contributed by atoms with Crippen LogP contribution < -0.4 is 8.61 Å². The van der Waals surface area contributed by atoms with E-state index in [-0.39, 0.29) is 30.6 Å². The van der Waals surface area contributed by atoms with E-state index in [1.54, 1.807) is 103 Å². The van der Waals surface area contributed by atoms with Gasteiger partial charge in [0.05, 0.1) is 30.2 Å². The second-order valence-corrected chi connectivity index (χ2v) is 17.7. The molecular weight excluding hydrogens is 853 g/mol. The van der Waals surface area contributed by atoms with Crippen molar-refractivity contribution in [2.75, 3.05) is 53.6 Å². The number of piperazine rings is 1. The van der Waals surface area contributed by atoms with Crippen LogP contribution in [0, 0.1) is 0 Å². The molecule has 0 amide bonds. The van der Waals surface area contributed by atoms with Gasteiger partial charge in [0.2, 0.25) is 21.8 Å². The van der Waals surface area contributed by atoms with E-state index in [2.05, 4.69) is 43.7 Å². The van der Waals surface area contributed by atoms with Gasteiger partial charge in [-0.25, -0.2) is 16.8 Å². The molecular formula is C42H44F4N8O6S2. The number of hydrogen-bond acceptors (Lipinski definition) is 12. The average molecular weight is 897 g/mol. The van der Waals surface area contributed by atoms with Crippen LogP contribution >= 0.6 is 0 Å². The van der Waals surface area contributed by atoms with Crippen LogP contribution in [0.1, 0.15) is 42.7 Å². The van der Waals surface area contributed by atoms with Gasteiger partial charge in [0.1, 0.15) is 0 Å². The third-order valence-electron chi connectivity index (χ3n) is 9.83. The van der Waals surface area contributed by atoms with Gasteiger partial charge in [0.25, 0.3) is 21.8 Å². The standard InChI is InChI=1S/C24H29F2N5O3S.C18H15F2N3O3S/c1-2-29-12-14-30(15-13-29)16-17-35(32,33)31(21-6-4-3-5-7-21)18-19-8-10-20(11-9-19)23-27-28-24(34-23)22(25)26;1-2-27(24,25)23(15-6-4-3-5-7-15)12-13-8-10-14(11-9-13)17-21-22-18(26-17)16(19)20/h3-11,22H,2,12-18H2,1H3;2-11,16H,1,12H2. The van der Waals surface area contributed by atoms with E-state index in [0.717, 1.165) is 43.7 Å². The van der Waals surface area contributed by atoms with Crippen LogP contribution in [0.3, 0.4) is 0 Å². The molecule has 2 aromatic heterocycles. The first-order valence-corrected chi connectivity index (χ1v) is 22.5. The smallest absolute Gasteiger partial charge is 0.314 e. The molecule has 4 aromatic carbocycles. The first-order chi connectivity index (χ1) is 29.8. The summed E-state index contributed by atoms with van der Waals surface area (Å²) < 4.78 is 115. The van der Waals surface area contributed by atoms with Crippen LogP contribution in [0.15, 0.2) is 130 Å². The normalized spacial score (nSPS) is 13.8. The van der Waals surface area contributed by atoms with Gasteiger partial charge in [-0.15, -0.1) is 20.4 Å². The van der Waals surface area contributed by atoms with E-state index < -0.39 is 44.7 Å². The van der Waals surface area contributed by atoms with Gasteiger partial charge in [-0.3, -0.25) is 13.5 Å². The van der Waals surface area contributed by atoms with Crippen molar-refractivity contribution in [1.29, 1.82) is 0 Å². The highest BCUT2D eigenvalue weighted by Crippen LogP contribution is 2.28. The summed E-state index contributed by atoms with van der Waals surface area (Å²) in [6.45, 7) is 10.8. The van der Waals surface area contributed by atoms with Crippen LogP contribution in [0.2, 0.25) is 0 Å². The summed E-state index contributed by atoms with van der Waals surface area (Å²) in [6, 6.07) is 30.9. The average Bonchev–Trinajstić information content (AvgIpc) is 4.00. The molecule has 7 rings (SSSR count). The molecule has 62 heavy (non-hydrogen) atoms. The maximum Gasteiger partial charge on any atom is 0.314 e. The van der Waals surface area contributed by atoms with Crippen molar-refractivity contribution in [3.63, 3.8) is 0 Å². The lowest BCUT2D eigenvalue weighted by Gasteiger charge is -2.34. The summed E-state index contributed by atoms with van der Waals surface area (Å²) in [5, 5.41) is 14.7. The highest BCUT2D eigenvalue weighted by atomic mass is 32.2. The molecule has 0 aliphatic carbocycles. The summed E-state index contributed by atoms with van der Waals surface area (Å²) >= 11 is 0. The second-order valence-electron chi connectivity index (χ2n) is 13.9. The predicted octanol–water partition coefficient (Wildman–Crippen LogP) is 7.80. The number of alkyl halides is 4. The van der Waals surface area contributed by atoms with Gasteiger partial charge in [-0.05, 0) is 66.2 Å². The first-order valence-electron chi connectivity index (χ1n) is 19.4. The molecule has 1 fully saturated rings. The summed E-state index contributed by atoms with van der Waals surface area (Å²) in [6.07, 6.45) is -5.68. The number of anilines is 2. The molecule has 0 atom stereocenters. The molecule has 6 aromatic rings. The molecule has 1 aliphatic heterocycles. The number of hydrogen-bond donors (Lipinski definition) is 0. The van der Waals surface area contributed by atoms with Crippen LogP contribution in [-0.4, -0.2) is 92.1 Å². The minimum absolute atomic E-state index is 0.0115. The van der Waals surface area contributed by atoms with Gasteiger partial charge in [-0.2, -0.15) is 17.6 Å². The zero-order chi connectivity index (χ0) is 44.3. The summed E-state index contributed by atoms with van der Waals surface area (Å²) in [4.78, 5) is 4.55. The fourth-order valence-electron chi connectivity index (χ4n) is 6.36. The molecule has 20 heteroatoms. The Kier molecular flexibility index (Phi) is 15.2. The molecule has 0 unspecified atom stereocenters. The monoisotopic (exact) mass is 896 g/mol. The molecule has 0 radical (unpaired) electrons. The van der Waals surface area contributed by atoms with Crippen molar-refractivity contribution < 1.29 is 43.2 Å². The Morgan fingerprint density at radius 1 is 0.629 bits per heavy atom. The van der Waals surface area contributed by atoms with E-state index >= 15 is 0 Å². The lowest BCUT2D eigenvalue weighted by molar-refractivity contribution is 0.115. The topological polar surface area (TPSA) is 159 Å². The summed E-state index contributed by atoms with van der Waals surface area (Å²) in [5.41, 5.74) is 3.45. The van der Waals surface area contributed by atoms with Gasteiger partial charge >= 0.3 is 12.9 Å². The van der Waals surface area contributed by atoms with Crippen molar-refractivity contribution in [1.82, 2.24) is 30.2 Å². The van der Waals surface area contributed by atoms with Crippen molar-refractivity contribution in [3.8, 4) is 22.9 Å². The third-order valence-corrected chi connectivity index (χ3v) is 12.9. The van der Waals surface area contributed by atoms with Gasteiger partial charge in [0.15, 0.2) is 0 Å². The fourth-order valence-corrected chi connectivity index (χ4v) is 8.78. The maximum absolute atomic E-state index is 13.4. The highest BCUT2D eigenvalue weighted by Gasteiger charge is 2.26. The largest absolute Gasteiger partial charge is 0.415 e. The number of likely N-dealkylation sites (N-methyl/N-ethyl adjacent to an activating group) is 1. The quantitative estimate of drug-likeness (QED) is 0.0820. The molecule has 0 bridgehead atoms. The minimum Gasteiger partial charge on any atom is -0.415 e. The Hall–Kier alpha value is -5.96. The fraction of sp³-hybridized carbons (Fsp3) is 0.286. The molecule has 14 nitrogen and oxygen atoms in total. The van der Waals surface area contributed by atoms with Crippen molar-refractivity contribution in [3.05, 3.63) is 144 Å². The molecule has 0 spiro atoms. The van der Waals surface area contributed by atoms with Gasteiger partial charge in [-0.1, -0.05) is 74.2 Å². The number of aromatic nitrogens is 4. The maximum atomic E-state index is 13.4. The van der Waals surface area contributed by atoms with Crippen LogP contribution in [0.25, 0.3) is 22.9 Å². The van der Waals surface area contributed by atoms with Crippen molar-refractivity contribution in [2.45, 2.75) is 32.9 Å². The van der Waals surface area contributed by atoms with E-state index in [0.29, 0.717) is 34.6 Å². The second kappa shape index (κ2) is 20.7. The van der Waals surface area contributed by atoms with E-state index in [1.807, 2.05) is 6.07 Å². The number of nitrogens with zero attached hydrogens (tertiary/aromatic N) is 8. The lowest BCUT2D eigenvalue weighted by Crippen LogP contribution is -2.48. The zero-order valence-corrected chi connectivity index (χ0v) is 35.2. The molecule has 1 saturated heterocycles. The predicted molar refractivity (Wildman–Crippen MR) is 226 cm³/mol. The zero-order valence-electron chi connectivity index (χ0n) is 33.6. The van der Waals surface area contributed by atoms with Crippen LogP contribution in [-0.2, 0) is 33.1 Å². The third kappa shape index (κ3) is 11.9. The van der Waals surface area contributed by atoms with E-state index in [1.165, 1.54) is 8.61 Å².